The Morgan fingerprint density at radius 3 is 1.84 bits per heavy atom. The van der Waals surface area contributed by atoms with E-state index in [0.29, 0.717) is 23.7 Å². The summed E-state index contributed by atoms with van der Waals surface area (Å²) in [5.41, 5.74) is 5.41. The van der Waals surface area contributed by atoms with Gasteiger partial charge in [-0.15, -0.1) is 0 Å². The number of hydrogen-bond acceptors (Lipinski definition) is 6. The molecule has 44 heavy (non-hydrogen) atoms. The summed E-state index contributed by atoms with van der Waals surface area (Å²) in [5, 5.41) is 13.2. The van der Waals surface area contributed by atoms with Gasteiger partial charge in [-0.1, -0.05) is 12.1 Å². The highest BCUT2D eigenvalue weighted by molar-refractivity contribution is 5.84. The predicted octanol–water partition coefficient (Wildman–Crippen LogP) is 2.92. The van der Waals surface area contributed by atoms with Crippen LogP contribution in [0, 0.1) is 49.4 Å². The largest absolute Gasteiger partial charge is 0.347 e. The van der Waals surface area contributed by atoms with E-state index in [0.717, 1.165) is 60.0 Å². The third-order valence-corrected chi connectivity index (χ3v) is 10.5. The minimum atomic E-state index is -0.429. The predicted molar refractivity (Wildman–Crippen MR) is 169 cm³/mol. The fraction of sp³-hybridized carbons (Fsp3) is 0.529. The van der Waals surface area contributed by atoms with Crippen LogP contribution in [0.3, 0.4) is 0 Å². The Labute approximate surface area is 258 Å². The molecule has 2 amide bonds. The number of hydrogen-bond donors (Lipinski definition) is 4. The van der Waals surface area contributed by atoms with Crippen LogP contribution in [0.25, 0.3) is 11.3 Å². The molecule has 0 radical (unpaired) electrons. The number of pyridine rings is 2. The number of piperidine rings is 2. The second kappa shape index (κ2) is 10.4. The summed E-state index contributed by atoms with van der Waals surface area (Å²) in [6, 6.07) is 8.31. The number of nitrogens with one attached hydrogen (secondary N) is 4. The van der Waals surface area contributed by atoms with Gasteiger partial charge < -0.3 is 30.1 Å². The minimum Gasteiger partial charge on any atom is -0.347 e. The van der Waals surface area contributed by atoms with Crippen molar-refractivity contribution in [1.82, 2.24) is 40.0 Å². The van der Waals surface area contributed by atoms with E-state index in [2.05, 4.69) is 106 Å². The van der Waals surface area contributed by atoms with Crippen molar-refractivity contribution in [2.45, 2.75) is 52.6 Å². The van der Waals surface area contributed by atoms with Crippen LogP contribution < -0.4 is 21.3 Å². The SMILES string of the molecule is Cc1ccc(C(C)(C)NC(=O)C2[C@H]3CNC[C@@H]23)c2nccn12.Cc1ccc(C(C)(C)NC(=O)C2[C@H]3CNC[C@@H]23)n2ccnc12. The maximum atomic E-state index is 12.6. The molecule has 4 aliphatic rings. The normalized spacial score (nSPS) is 27.0. The topological polar surface area (TPSA) is 117 Å². The number of fused-ring (bicyclic) bond motifs is 4. The van der Waals surface area contributed by atoms with E-state index in [4.69, 9.17) is 0 Å². The molecule has 2 saturated carbocycles. The fourth-order valence-corrected chi connectivity index (χ4v) is 7.82. The summed E-state index contributed by atoms with van der Waals surface area (Å²) in [5.74, 6) is 2.94. The number of rotatable bonds is 6. The Bertz CT molecular complexity index is 1600. The number of imidazole rings is 2. The van der Waals surface area contributed by atoms with Gasteiger partial charge in [-0.2, -0.15) is 0 Å². The Morgan fingerprint density at radius 1 is 0.727 bits per heavy atom. The van der Waals surface area contributed by atoms with Crippen molar-refractivity contribution in [3.63, 3.8) is 0 Å². The molecule has 2 saturated heterocycles. The average molecular weight is 597 g/mol. The zero-order valence-corrected chi connectivity index (χ0v) is 26.5. The van der Waals surface area contributed by atoms with E-state index in [1.165, 1.54) is 0 Å². The van der Waals surface area contributed by atoms with Crippen LogP contribution in [0.15, 0.2) is 49.1 Å². The first-order valence-electron chi connectivity index (χ1n) is 15.9. The number of aromatic nitrogens is 4. The van der Waals surface area contributed by atoms with Gasteiger partial charge in [-0.3, -0.25) is 9.59 Å². The van der Waals surface area contributed by atoms with E-state index in [-0.39, 0.29) is 23.7 Å². The van der Waals surface area contributed by atoms with Gasteiger partial charge in [-0.25, -0.2) is 9.97 Å². The van der Waals surface area contributed by atoms with Gasteiger partial charge in [0.2, 0.25) is 11.8 Å². The van der Waals surface area contributed by atoms with E-state index < -0.39 is 11.1 Å². The molecule has 4 aromatic heterocycles. The van der Waals surface area contributed by atoms with Crippen molar-refractivity contribution in [2.24, 2.45) is 35.5 Å². The quantitative estimate of drug-likeness (QED) is 0.272. The van der Waals surface area contributed by atoms with Gasteiger partial charge in [0, 0.05) is 53.6 Å². The maximum Gasteiger partial charge on any atom is 0.224 e. The zero-order valence-electron chi connectivity index (χ0n) is 26.5. The third-order valence-electron chi connectivity index (χ3n) is 10.5. The smallest absolute Gasteiger partial charge is 0.224 e. The Balaban J connectivity index is 0.000000142. The summed E-state index contributed by atoms with van der Waals surface area (Å²) in [6.07, 6.45) is 7.53. The van der Waals surface area contributed by atoms with Crippen LogP contribution >= 0.6 is 0 Å². The fourth-order valence-electron chi connectivity index (χ4n) is 7.82. The molecule has 6 atom stereocenters. The lowest BCUT2D eigenvalue weighted by atomic mass is 9.94. The first-order chi connectivity index (χ1) is 21.0. The van der Waals surface area contributed by atoms with E-state index in [1.807, 2.05) is 12.4 Å². The number of carbonyl (C=O) groups is 2. The standard InChI is InChI=1S/2C17H22N4O/c1-10-4-5-13(15-19-6-7-21(10)15)17(2,3)20-16(22)14-11-8-18-9-12(11)14;1-10-4-5-13(21-7-6-19-15(10)21)17(2,3)20-16(22)14-11-8-18-9-12(11)14/h2*4-7,11-12,14,18H,8-9H2,1-3H3,(H,20,22)/t2*11-,12+,14?. The molecular weight excluding hydrogens is 552 g/mol. The van der Waals surface area contributed by atoms with Crippen molar-refractivity contribution >= 4 is 23.1 Å². The minimum absolute atomic E-state index is 0.187. The number of carbonyl (C=O) groups excluding carboxylic acids is 2. The van der Waals surface area contributed by atoms with Crippen LogP contribution in [-0.2, 0) is 20.7 Å². The summed E-state index contributed by atoms with van der Waals surface area (Å²) >= 11 is 0. The lowest BCUT2D eigenvalue weighted by molar-refractivity contribution is -0.125. The first-order valence-corrected chi connectivity index (χ1v) is 15.9. The van der Waals surface area contributed by atoms with E-state index in [9.17, 15) is 9.59 Å². The molecule has 6 heterocycles. The average Bonchev–Trinajstić information content (AvgIpc) is 3.46. The van der Waals surface area contributed by atoms with Gasteiger partial charge in [0.1, 0.15) is 11.3 Å². The van der Waals surface area contributed by atoms with Crippen LogP contribution in [0.1, 0.15) is 50.2 Å². The van der Waals surface area contributed by atoms with E-state index in [1.54, 1.807) is 12.4 Å². The second-order valence-corrected chi connectivity index (χ2v) is 14.3. The highest BCUT2D eigenvalue weighted by atomic mass is 16.2. The first kappa shape index (κ1) is 29.0. The van der Waals surface area contributed by atoms with Crippen molar-refractivity contribution < 1.29 is 9.59 Å². The van der Waals surface area contributed by atoms with Crippen molar-refractivity contribution in [3.8, 4) is 0 Å². The summed E-state index contributed by atoms with van der Waals surface area (Å²) in [7, 11) is 0. The third kappa shape index (κ3) is 4.88. The van der Waals surface area contributed by atoms with Crippen molar-refractivity contribution in [1.29, 1.82) is 0 Å². The number of nitrogens with zero attached hydrogens (tertiary/aromatic N) is 4. The molecule has 4 N–H and O–H groups in total. The lowest BCUT2D eigenvalue weighted by Crippen LogP contribution is -2.44. The molecule has 8 rings (SSSR count). The molecule has 2 aliphatic carbocycles. The highest BCUT2D eigenvalue weighted by Crippen LogP contribution is 2.50. The molecule has 232 valence electrons. The van der Waals surface area contributed by atoms with Gasteiger partial charge in [-0.05, 0) is 109 Å². The molecule has 2 unspecified atom stereocenters. The summed E-state index contributed by atoms with van der Waals surface area (Å²) < 4.78 is 4.14. The Kier molecular flexibility index (Phi) is 6.86. The van der Waals surface area contributed by atoms with Gasteiger partial charge in [0.25, 0.3) is 0 Å². The van der Waals surface area contributed by atoms with Gasteiger partial charge in [0.05, 0.1) is 11.1 Å². The molecule has 10 nitrogen and oxygen atoms in total. The molecule has 4 aromatic rings. The maximum absolute atomic E-state index is 12.6. The Hall–Kier alpha value is -3.76. The van der Waals surface area contributed by atoms with Crippen molar-refractivity contribution in [3.05, 3.63) is 71.6 Å². The molecule has 0 aromatic carbocycles. The molecule has 2 aliphatic heterocycles. The molecule has 0 bridgehead atoms. The number of aryl methyl sites for hydroxylation is 2. The van der Waals surface area contributed by atoms with Gasteiger partial charge >= 0.3 is 0 Å². The van der Waals surface area contributed by atoms with Crippen LogP contribution in [0.5, 0.6) is 0 Å². The zero-order chi connectivity index (χ0) is 31.0. The summed E-state index contributed by atoms with van der Waals surface area (Å²) in [4.78, 5) is 34.0. The molecular formula is C34H44N8O2. The van der Waals surface area contributed by atoms with Crippen LogP contribution in [0.2, 0.25) is 0 Å². The van der Waals surface area contributed by atoms with Crippen LogP contribution in [0.4, 0.5) is 0 Å². The Morgan fingerprint density at radius 2 is 1.25 bits per heavy atom. The highest BCUT2D eigenvalue weighted by Gasteiger charge is 2.58. The second-order valence-electron chi connectivity index (χ2n) is 14.3. The van der Waals surface area contributed by atoms with E-state index >= 15 is 0 Å². The monoisotopic (exact) mass is 596 g/mol. The van der Waals surface area contributed by atoms with Crippen LogP contribution in [-0.4, -0.2) is 56.8 Å². The molecule has 10 heteroatoms. The molecule has 0 spiro atoms. The van der Waals surface area contributed by atoms with Crippen molar-refractivity contribution in [2.75, 3.05) is 26.2 Å². The lowest BCUT2D eigenvalue weighted by Gasteiger charge is -2.28. The van der Waals surface area contributed by atoms with Gasteiger partial charge in [0.15, 0.2) is 0 Å². The number of amides is 2. The molecule has 4 fully saturated rings. The summed E-state index contributed by atoms with van der Waals surface area (Å²) in [6.45, 7) is 16.3.